The van der Waals surface area contributed by atoms with Crippen molar-refractivity contribution in [2.24, 2.45) is 0 Å². The fourth-order valence-corrected chi connectivity index (χ4v) is 4.47. The number of ether oxygens (including phenoxy) is 1. The Morgan fingerprint density at radius 3 is 2.71 bits per heavy atom. The van der Waals surface area contributed by atoms with Crippen LogP contribution in [0.1, 0.15) is 69.1 Å². The molecule has 3 heterocycles. The highest BCUT2D eigenvalue weighted by molar-refractivity contribution is 6.22. The monoisotopic (exact) mass is 458 g/mol. The fourth-order valence-electron chi connectivity index (χ4n) is 4.47. The molecular weight excluding hydrogens is 432 g/mol. The predicted molar refractivity (Wildman–Crippen MR) is 125 cm³/mol. The molecule has 2 aliphatic rings. The third-order valence-corrected chi connectivity index (χ3v) is 6.37. The smallest absolute Gasteiger partial charge is 0.261 e. The first-order valence-electron chi connectivity index (χ1n) is 11.6. The average molecular weight is 459 g/mol. The maximum absolute atomic E-state index is 13.0. The van der Waals surface area contributed by atoms with E-state index in [4.69, 9.17) is 4.74 Å². The fraction of sp³-hybridized carbons (Fsp3) is 0.308. The number of amides is 3. The number of rotatable bonds is 7. The van der Waals surface area contributed by atoms with Crippen LogP contribution in [0.15, 0.2) is 54.7 Å². The van der Waals surface area contributed by atoms with Gasteiger partial charge in [0.2, 0.25) is 0 Å². The zero-order valence-corrected chi connectivity index (χ0v) is 18.9. The van der Waals surface area contributed by atoms with E-state index in [1.54, 1.807) is 18.3 Å². The van der Waals surface area contributed by atoms with Crippen LogP contribution in [-0.4, -0.2) is 51.8 Å². The SMILES string of the molecule is CCC(NC(=O)c1ccc2c(c1)C(=O)N(CC1CCCO1)C2=O)c1ncc(-c2ccccc2)[nH]1. The van der Waals surface area contributed by atoms with Gasteiger partial charge in [-0.05, 0) is 43.0 Å². The highest BCUT2D eigenvalue weighted by Crippen LogP contribution is 2.27. The molecular formula is C26H26N4O4. The van der Waals surface area contributed by atoms with Gasteiger partial charge in [0.1, 0.15) is 5.82 Å². The lowest BCUT2D eigenvalue weighted by Crippen LogP contribution is -2.36. The number of nitrogens with zero attached hydrogens (tertiary/aromatic N) is 2. The summed E-state index contributed by atoms with van der Waals surface area (Å²) in [5.74, 6) is -0.386. The molecule has 0 aliphatic carbocycles. The van der Waals surface area contributed by atoms with Crippen molar-refractivity contribution in [1.29, 1.82) is 0 Å². The maximum Gasteiger partial charge on any atom is 0.261 e. The van der Waals surface area contributed by atoms with Gasteiger partial charge >= 0.3 is 0 Å². The molecule has 0 radical (unpaired) electrons. The van der Waals surface area contributed by atoms with Crippen molar-refractivity contribution in [3.63, 3.8) is 0 Å². The minimum absolute atomic E-state index is 0.121. The van der Waals surface area contributed by atoms with Crippen LogP contribution in [-0.2, 0) is 4.74 Å². The predicted octanol–water partition coefficient (Wildman–Crippen LogP) is 3.73. The Hall–Kier alpha value is -3.78. The first kappa shape index (κ1) is 22.0. The van der Waals surface area contributed by atoms with Crippen molar-refractivity contribution >= 4 is 17.7 Å². The van der Waals surface area contributed by atoms with E-state index in [2.05, 4.69) is 15.3 Å². The van der Waals surface area contributed by atoms with Gasteiger partial charge in [0.15, 0.2) is 0 Å². The van der Waals surface area contributed by atoms with Crippen LogP contribution in [0.5, 0.6) is 0 Å². The first-order valence-corrected chi connectivity index (χ1v) is 11.6. The molecule has 2 aliphatic heterocycles. The van der Waals surface area contributed by atoms with Crippen LogP contribution in [0.4, 0.5) is 0 Å². The number of nitrogens with one attached hydrogen (secondary N) is 2. The number of H-pyrrole nitrogens is 1. The van der Waals surface area contributed by atoms with Gasteiger partial charge in [-0.15, -0.1) is 0 Å². The van der Waals surface area contributed by atoms with E-state index in [0.717, 1.165) is 24.1 Å². The molecule has 3 aromatic rings. The van der Waals surface area contributed by atoms with Gasteiger partial charge in [-0.3, -0.25) is 19.3 Å². The number of imidazole rings is 1. The molecule has 0 saturated carbocycles. The lowest BCUT2D eigenvalue weighted by molar-refractivity contribution is 0.0475. The van der Waals surface area contributed by atoms with E-state index in [0.29, 0.717) is 30.0 Å². The summed E-state index contributed by atoms with van der Waals surface area (Å²) >= 11 is 0. The number of hydrogen-bond acceptors (Lipinski definition) is 5. The second-order valence-corrected chi connectivity index (χ2v) is 8.60. The van der Waals surface area contributed by atoms with Gasteiger partial charge in [-0.2, -0.15) is 0 Å². The summed E-state index contributed by atoms with van der Waals surface area (Å²) < 4.78 is 5.58. The van der Waals surface area contributed by atoms with Crippen LogP contribution in [0.2, 0.25) is 0 Å². The van der Waals surface area contributed by atoms with Crippen molar-refractivity contribution < 1.29 is 19.1 Å². The summed E-state index contributed by atoms with van der Waals surface area (Å²) in [7, 11) is 0. The summed E-state index contributed by atoms with van der Waals surface area (Å²) in [6.45, 7) is 2.86. The van der Waals surface area contributed by atoms with Crippen LogP contribution < -0.4 is 5.32 Å². The summed E-state index contributed by atoms with van der Waals surface area (Å²) in [5, 5.41) is 2.99. The second-order valence-electron chi connectivity index (χ2n) is 8.60. The molecule has 0 bridgehead atoms. The second kappa shape index (κ2) is 9.23. The van der Waals surface area contributed by atoms with Gasteiger partial charge in [0.05, 0.1) is 41.7 Å². The number of aromatic nitrogens is 2. The summed E-state index contributed by atoms with van der Waals surface area (Å²) in [4.78, 5) is 47.7. The Kier molecular flexibility index (Phi) is 5.98. The zero-order chi connectivity index (χ0) is 23.7. The molecule has 2 unspecified atom stereocenters. The molecule has 3 amide bonds. The summed E-state index contributed by atoms with van der Waals surface area (Å²) in [5.41, 5.74) is 2.79. The van der Waals surface area contributed by atoms with Gasteiger partial charge in [0, 0.05) is 12.2 Å². The highest BCUT2D eigenvalue weighted by atomic mass is 16.5. The van der Waals surface area contributed by atoms with E-state index < -0.39 is 0 Å². The van der Waals surface area contributed by atoms with Crippen molar-refractivity contribution in [2.45, 2.75) is 38.3 Å². The first-order chi connectivity index (χ1) is 16.5. The molecule has 8 heteroatoms. The molecule has 34 heavy (non-hydrogen) atoms. The maximum atomic E-state index is 13.0. The number of carbonyl (C=O) groups is 3. The Bertz CT molecular complexity index is 1230. The van der Waals surface area contributed by atoms with Gasteiger partial charge in [-0.25, -0.2) is 4.98 Å². The Morgan fingerprint density at radius 1 is 1.18 bits per heavy atom. The molecule has 1 fully saturated rings. The molecule has 5 rings (SSSR count). The third kappa shape index (κ3) is 4.12. The van der Waals surface area contributed by atoms with Crippen LogP contribution in [0, 0.1) is 0 Å². The lowest BCUT2D eigenvalue weighted by atomic mass is 10.0. The molecule has 1 aromatic heterocycles. The van der Waals surface area contributed by atoms with Crippen molar-refractivity contribution in [3.8, 4) is 11.3 Å². The number of hydrogen-bond donors (Lipinski definition) is 2. The van der Waals surface area contributed by atoms with Gasteiger partial charge in [0.25, 0.3) is 17.7 Å². The average Bonchev–Trinajstić information content (AvgIpc) is 3.61. The molecule has 2 atom stereocenters. The standard InChI is InChI=1S/C26H26N4O4/c1-2-21(23-27-14-22(28-23)16-7-4-3-5-8-16)29-24(31)17-10-11-19-20(13-17)26(33)30(25(19)32)15-18-9-6-12-34-18/h3-5,7-8,10-11,13-14,18,21H,2,6,9,12,15H2,1H3,(H,27,28)(H,29,31). The number of benzene rings is 2. The largest absolute Gasteiger partial charge is 0.376 e. The number of imide groups is 1. The Balaban J connectivity index is 1.31. The molecule has 0 spiro atoms. The topological polar surface area (TPSA) is 104 Å². The normalized spacial score (nSPS) is 18.3. The molecule has 8 nitrogen and oxygen atoms in total. The molecule has 174 valence electrons. The van der Waals surface area contributed by atoms with Gasteiger partial charge in [-0.1, -0.05) is 37.3 Å². The van der Waals surface area contributed by atoms with E-state index in [1.165, 1.54) is 11.0 Å². The van der Waals surface area contributed by atoms with Gasteiger partial charge < -0.3 is 15.0 Å². The van der Waals surface area contributed by atoms with E-state index >= 15 is 0 Å². The zero-order valence-electron chi connectivity index (χ0n) is 18.9. The van der Waals surface area contributed by atoms with Crippen molar-refractivity contribution in [2.75, 3.05) is 13.2 Å². The quantitative estimate of drug-likeness (QED) is 0.525. The minimum Gasteiger partial charge on any atom is -0.376 e. The van der Waals surface area contributed by atoms with Crippen LogP contribution in [0.25, 0.3) is 11.3 Å². The minimum atomic E-state index is -0.379. The molecule has 1 saturated heterocycles. The Labute approximate surface area is 197 Å². The van der Waals surface area contributed by atoms with E-state index in [-0.39, 0.29) is 42.0 Å². The lowest BCUT2D eigenvalue weighted by Gasteiger charge is -2.17. The highest BCUT2D eigenvalue weighted by Gasteiger charge is 2.38. The van der Waals surface area contributed by atoms with Crippen molar-refractivity contribution in [3.05, 3.63) is 77.2 Å². The Morgan fingerprint density at radius 2 is 1.97 bits per heavy atom. The number of aromatic amines is 1. The van der Waals surface area contributed by atoms with E-state index in [9.17, 15) is 14.4 Å². The summed E-state index contributed by atoms with van der Waals surface area (Å²) in [6.07, 6.45) is 4.02. The summed E-state index contributed by atoms with van der Waals surface area (Å²) in [6, 6.07) is 14.2. The number of fused-ring (bicyclic) bond motifs is 1. The molecule has 2 aromatic carbocycles. The van der Waals surface area contributed by atoms with Crippen LogP contribution in [0.3, 0.4) is 0 Å². The third-order valence-electron chi connectivity index (χ3n) is 6.37. The van der Waals surface area contributed by atoms with Crippen LogP contribution >= 0.6 is 0 Å². The van der Waals surface area contributed by atoms with Crippen molar-refractivity contribution in [1.82, 2.24) is 20.2 Å². The molecule has 2 N–H and O–H groups in total. The van der Waals surface area contributed by atoms with E-state index in [1.807, 2.05) is 37.3 Å². The number of carbonyl (C=O) groups excluding carboxylic acids is 3.